The Hall–Kier alpha value is -1.99. The van der Waals surface area contributed by atoms with Gasteiger partial charge in [0.1, 0.15) is 18.4 Å². The summed E-state index contributed by atoms with van der Waals surface area (Å²) in [5.74, 6) is 2.01. The van der Waals surface area contributed by atoms with Gasteiger partial charge in [-0.15, -0.1) is 6.42 Å². The lowest BCUT2D eigenvalue weighted by Crippen LogP contribution is -2.32. The van der Waals surface area contributed by atoms with E-state index in [4.69, 9.17) is 22.0 Å². The minimum Gasteiger partial charge on any atom is -0.481 e. The van der Waals surface area contributed by atoms with Gasteiger partial charge in [0.25, 0.3) is 0 Å². The second-order valence-corrected chi connectivity index (χ2v) is 3.29. The van der Waals surface area contributed by atoms with E-state index >= 15 is 0 Å². The monoisotopic (exact) mass is 219 g/mol. The third kappa shape index (κ3) is 3.64. The van der Waals surface area contributed by atoms with E-state index < -0.39 is 12.0 Å². The Morgan fingerprint density at radius 1 is 1.50 bits per heavy atom. The van der Waals surface area contributed by atoms with Crippen LogP contribution in [0.1, 0.15) is 5.56 Å². The maximum absolute atomic E-state index is 10.5. The highest BCUT2D eigenvalue weighted by Gasteiger charge is 2.11. The molecule has 4 nitrogen and oxygen atoms in total. The van der Waals surface area contributed by atoms with Gasteiger partial charge in [0.15, 0.2) is 0 Å². The van der Waals surface area contributed by atoms with E-state index in [1.165, 1.54) is 0 Å². The molecule has 0 fully saturated rings. The fourth-order valence-electron chi connectivity index (χ4n) is 1.19. The number of terminal acetylenes is 1. The van der Waals surface area contributed by atoms with Crippen LogP contribution >= 0.6 is 0 Å². The molecule has 0 aliphatic carbocycles. The Morgan fingerprint density at radius 2 is 2.12 bits per heavy atom. The SMILES string of the molecule is C#CCOc1ccc(C[C@H](N)C(=O)O)cc1. The minimum atomic E-state index is -1.01. The minimum absolute atomic E-state index is 0.216. The van der Waals surface area contributed by atoms with Gasteiger partial charge in [0, 0.05) is 0 Å². The van der Waals surface area contributed by atoms with Crippen LogP contribution in [0, 0.1) is 12.3 Å². The number of hydrogen-bond donors (Lipinski definition) is 2. The molecular formula is C12H13NO3. The summed E-state index contributed by atoms with van der Waals surface area (Å²) in [5, 5.41) is 8.64. The van der Waals surface area contributed by atoms with Crippen molar-refractivity contribution in [1.29, 1.82) is 0 Å². The number of carboxylic acids is 1. The fourth-order valence-corrected chi connectivity index (χ4v) is 1.19. The summed E-state index contributed by atoms with van der Waals surface area (Å²) in [4.78, 5) is 10.5. The maximum atomic E-state index is 10.5. The first-order valence-corrected chi connectivity index (χ1v) is 4.77. The number of rotatable bonds is 5. The molecule has 4 heteroatoms. The number of aliphatic carboxylic acids is 1. The second kappa shape index (κ2) is 5.79. The van der Waals surface area contributed by atoms with Gasteiger partial charge in [-0.1, -0.05) is 18.1 Å². The van der Waals surface area contributed by atoms with Gasteiger partial charge in [-0.25, -0.2) is 0 Å². The number of carbonyl (C=O) groups is 1. The summed E-state index contributed by atoms with van der Waals surface area (Å²) >= 11 is 0. The zero-order valence-corrected chi connectivity index (χ0v) is 8.72. The van der Waals surface area contributed by atoms with E-state index in [1.807, 2.05) is 0 Å². The molecule has 0 bridgehead atoms. The third-order valence-corrected chi connectivity index (χ3v) is 2.02. The van der Waals surface area contributed by atoms with E-state index in [0.717, 1.165) is 5.56 Å². The molecule has 0 saturated carbocycles. The van der Waals surface area contributed by atoms with Gasteiger partial charge in [-0.3, -0.25) is 4.79 Å². The molecule has 0 aliphatic heterocycles. The Morgan fingerprint density at radius 3 is 2.62 bits per heavy atom. The predicted molar refractivity (Wildman–Crippen MR) is 60.1 cm³/mol. The van der Waals surface area contributed by atoms with E-state index in [0.29, 0.717) is 12.2 Å². The van der Waals surface area contributed by atoms with Gasteiger partial charge in [-0.2, -0.15) is 0 Å². The maximum Gasteiger partial charge on any atom is 0.320 e. The van der Waals surface area contributed by atoms with Crippen LogP contribution in [0.15, 0.2) is 24.3 Å². The third-order valence-electron chi connectivity index (χ3n) is 2.02. The summed E-state index contributed by atoms with van der Waals surface area (Å²) in [5.41, 5.74) is 6.26. The first kappa shape index (κ1) is 12.1. The highest BCUT2D eigenvalue weighted by Crippen LogP contribution is 2.13. The van der Waals surface area contributed by atoms with Crippen LogP contribution < -0.4 is 10.5 Å². The van der Waals surface area contributed by atoms with Crippen LogP contribution in [-0.4, -0.2) is 23.7 Å². The molecule has 1 aromatic carbocycles. The van der Waals surface area contributed by atoms with Crippen LogP contribution in [0.25, 0.3) is 0 Å². The number of ether oxygens (including phenoxy) is 1. The van der Waals surface area contributed by atoms with Crippen molar-refractivity contribution in [3.63, 3.8) is 0 Å². The summed E-state index contributed by atoms with van der Waals surface area (Å²) in [6.45, 7) is 0.216. The number of nitrogens with two attached hydrogens (primary N) is 1. The van der Waals surface area contributed by atoms with Crippen molar-refractivity contribution in [2.45, 2.75) is 12.5 Å². The molecule has 0 aliphatic rings. The van der Waals surface area contributed by atoms with Crippen molar-refractivity contribution in [3.05, 3.63) is 29.8 Å². The van der Waals surface area contributed by atoms with E-state index in [1.54, 1.807) is 24.3 Å². The summed E-state index contributed by atoms with van der Waals surface area (Å²) in [7, 11) is 0. The standard InChI is InChI=1S/C12H13NO3/c1-2-7-16-10-5-3-9(4-6-10)8-11(13)12(14)15/h1,3-6,11H,7-8,13H2,(H,14,15)/t11-/m0/s1. The molecule has 84 valence electrons. The summed E-state index contributed by atoms with van der Waals surface area (Å²) in [6, 6.07) is 6.14. The van der Waals surface area contributed by atoms with E-state index in [9.17, 15) is 4.79 Å². The average Bonchev–Trinajstić information content (AvgIpc) is 2.28. The molecule has 0 heterocycles. The van der Waals surface area contributed by atoms with Gasteiger partial charge in [0.2, 0.25) is 0 Å². The molecule has 1 aromatic rings. The lowest BCUT2D eigenvalue weighted by Gasteiger charge is -2.07. The largest absolute Gasteiger partial charge is 0.481 e. The van der Waals surface area contributed by atoms with Gasteiger partial charge in [-0.05, 0) is 24.1 Å². The number of benzene rings is 1. The highest BCUT2D eigenvalue weighted by molar-refractivity contribution is 5.73. The van der Waals surface area contributed by atoms with E-state index in [2.05, 4.69) is 5.92 Å². The second-order valence-electron chi connectivity index (χ2n) is 3.29. The van der Waals surface area contributed by atoms with Crippen molar-refractivity contribution in [2.75, 3.05) is 6.61 Å². The van der Waals surface area contributed by atoms with Crippen molar-refractivity contribution < 1.29 is 14.6 Å². The molecule has 0 aromatic heterocycles. The van der Waals surface area contributed by atoms with Crippen molar-refractivity contribution in [3.8, 4) is 18.1 Å². The van der Waals surface area contributed by atoms with Crippen molar-refractivity contribution in [2.24, 2.45) is 5.73 Å². The van der Waals surface area contributed by atoms with Crippen LogP contribution in [0.4, 0.5) is 0 Å². The van der Waals surface area contributed by atoms with Crippen molar-refractivity contribution in [1.82, 2.24) is 0 Å². The number of carboxylic acid groups (broad SMARTS) is 1. The lowest BCUT2D eigenvalue weighted by molar-refractivity contribution is -0.138. The Bertz CT molecular complexity index is 392. The topological polar surface area (TPSA) is 72.5 Å². The molecule has 3 N–H and O–H groups in total. The molecule has 0 radical (unpaired) electrons. The normalized spacial score (nSPS) is 11.5. The average molecular weight is 219 g/mol. The first-order chi connectivity index (χ1) is 7.63. The Kier molecular flexibility index (Phi) is 4.37. The van der Waals surface area contributed by atoms with E-state index in [-0.39, 0.29) is 6.61 Å². The van der Waals surface area contributed by atoms with Crippen LogP contribution in [0.2, 0.25) is 0 Å². The fraction of sp³-hybridized carbons (Fsp3) is 0.250. The summed E-state index contributed by atoms with van der Waals surface area (Å²) in [6.07, 6.45) is 5.35. The molecule has 1 atom stereocenters. The van der Waals surface area contributed by atoms with Crippen LogP contribution in [-0.2, 0) is 11.2 Å². The highest BCUT2D eigenvalue weighted by atomic mass is 16.5. The first-order valence-electron chi connectivity index (χ1n) is 4.77. The van der Waals surface area contributed by atoms with Crippen molar-refractivity contribution >= 4 is 5.97 Å². The summed E-state index contributed by atoms with van der Waals surface area (Å²) < 4.78 is 5.18. The predicted octanol–water partition coefficient (Wildman–Crippen LogP) is 0.653. The van der Waals surface area contributed by atoms with Gasteiger partial charge < -0.3 is 15.6 Å². The molecule has 16 heavy (non-hydrogen) atoms. The molecule has 0 saturated heterocycles. The Balaban J connectivity index is 2.58. The number of hydrogen-bond acceptors (Lipinski definition) is 3. The molecule has 1 rings (SSSR count). The zero-order chi connectivity index (χ0) is 12.0. The molecule has 0 amide bonds. The Labute approximate surface area is 94.0 Å². The molecule has 0 spiro atoms. The smallest absolute Gasteiger partial charge is 0.320 e. The van der Waals surface area contributed by atoms with Crippen LogP contribution in [0.5, 0.6) is 5.75 Å². The lowest BCUT2D eigenvalue weighted by atomic mass is 10.1. The molecular weight excluding hydrogens is 206 g/mol. The quantitative estimate of drug-likeness (QED) is 0.713. The van der Waals surface area contributed by atoms with Crippen LogP contribution in [0.3, 0.4) is 0 Å². The van der Waals surface area contributed by atoms with Gasteiger partial charge >= 0.3 is 5.97 Å². The zero-order valence-electron chi connectivity index (χ0n) is 8.72. The molecule has 0 unspecified atom stereocenters. The van der Waals surface area contributed by atoms with Gasteiger partial charge in [0.05, 0.1) is 0 Å².